The van der Waals surface area contributed by atoms with Crippen LogP contribution in [0.15, 0.2) is 0 Å². The highest BCUT2D eigenvalue weighted by molar-refractivity contribution is 8.00. The van der Waals surface area contributed by atoms with Crippen molar-refractivity contribution in [1.82, 2.24) is 4.72 Å². The topological polar surface area (TPSA) is 46.2 Å². The molecule has 1 saturated heterocycles. The van der Waals surface area contributed by atoms with Gasteiger partial charge in [0.2, 0.25) is 10.0 Å². The summed E-state index contributed by atoms with van der Waals surface area (Å²) in [6.07, 6.45) is 2.64. The summed E-state index contributed by atoms with van der Waals surface area (Å²) in [5, 5.41) is 0.120. The van der Waals surface area contributed by atoms with Gasteiger partial charge in [-0.15, -0.1) is 11.8 Å². The summed E-state index contributed by atoms with van der Waals surface area (Å²) in [6.45, 7) is 0. The van der Waals surface area contributed by atoms with E-state index in [1.54, 1.807) is 11.8 Å². The SMILES string of the molecule is CSC1CCS(=O)(=O)N1. The van der Waals surface area contributed by atoms with E-state index in [0.29, 0.717) is 5.75 Å². The summed E-state index contributed by atoms with van der Waals surface area (Å²) in [7, 11) is -2.88. The molecule has 5 heteroatoms. The maximum Gasteiger partial charge on any atom is 0.212 e. The average molecular weight is 167 g/mol. The van der Waals surface area contributed by atoms with Gasteiger partial charge >= 0.3 is 0 Å². The zero-order chi connectivity index (χ0) is 6.91. The summed E-state index contributed by atoms with van der Waals surface area (Å²) >= 11 is 1.54. The van der Waals surface area contributed by atoms with E-state index in [0.717, 1.165) is 6.42 Å². The normalized spacial score (nSPS) is 32.8. The lowest BCUT2D eigenvalue weighted by Gasteiger charge is -2.00. The maximum atomic E-state index is 10.7. The monoisotopic (exact) mass is 167 g/mol. The molecule has 1 fully saturated rings. The molecule has 1 N–H and O–H groups in total. The van der Waals surface area contributed by atoms with Gasteiger partial charge in [0.1, 0.15) is 0 Å². The van der Waals surface area contributed by atoms with E-state index in [1.807, 2.05) is 6.26 Å². The van der Waals surface area contributed by atoms with Gasteiger partial charge < -0.3 is 0 Å². The molecule has 1 aliphatic heterocycles. The molecule has 3 nitrogen and oxygen atoms in total. The van der Waals surface area contributed by atoms with Crippen LogP contribution in [0.3, 0.4) is 0 Å². The predicted molar refractivity (Wildman–Crippen MR) is 38.8 cm³/mol. The van der Waals surface area contributed by atoms with Crippen molar-refractivity contribution in [2.45, 2.75) is 11.8 Å². The first-order chi connectivity index (χ1) is 4.14. The summed E-state index contributed by atoms with van der Waals surface area (Å²) in [6, 6.07) is 0. The van der Waals surface area contributed by atoms with Crippen LogP contribution in [0, 0.1) is 0 Å². The molecule has 0 aliphatic carbocycles. The summed E-state index contributed by atoms with van der Waals surface area (Å²) in [5.74, 6) is 0.290. The fourth-order valence-electron chi connectivity index (χ4n) is 0.746. The molecule has 1 atom stereocenters. The van der Waals surface area contributed by atoms with Crippen LogP contribution in [0.2, 0.25) is 0 Å². The Morgan fingerprint density at radius 2 is 2.33 bits per heavy atom. The predicted octanol–water partition coefficient (Wildman–Crippen LogP) is -0.00140. The van der Waals surface area contributed by atoms with Crippen LogP contribution in [-0.2, 0) is 10.0 Å². The number of rotatable bonds is 1. The van der Waals surface area contributed by atoms with E-state index in [2.05, 4.69) is 4.72 Å². The van der Waals surface area contributed by atoms with E-state index in [4.69, 9.17) is 0 Å². The van der Waals surface area contributed by atoms with E-state index in [-0.39, 0.29) is 5.37 Å². The van der Waals surface area contributed by atoms with Gasteiger partial charge in [-0.25, -0.2) is 13.1 Å². The maximum absolute atomic E-state index is 10.7. The number of sulfonamides is 1. The van der Waals surface area contributed by atoms with Crippen LogP contribution in [0.25, 0.3) is 0 Å². The quantitative estimate of drug-likeness (QED) is 0.598. The van der Waals surface area contributed by atoms with Gasteiger partial charge in [-0.3, -0.25) is 0 Å². The van der Waals surface area contributed by atoms with Crippen LogP contribution in [0.5, 0.6) is 0 Å². The largest absolute Gasteiger partial charge is 0.212 e. The van der Waals surface area contributed by atoms with Gasteiger partial charge in [-0.2, -0.15) is 0 Å². The Morgan fingerprint density at radius 3 is 2.56 bits per heavy atom. The Bertz CT molecular complexity index is 187. The molecular weight excluding hydrogens is 158 g/mol. The minimum atomic E-state index is -2.88. The van der Waals surface area contributed by atoms with Crippen molar-refractivity contribution in [3.8, 4) is 0 Å². The van der Waals surface area contributed by atoms with E-state index in [1.165, 1.54) is 0 Å². The second-order valence-electron chi connectivity index (χ2n) is 1.95. The Balaban J connectivity index is 2.58. The number of hydrogen-bond acceptors (Lipinski definition) is 3. The van der Waals surface area contributed by atoms with Crippen molar-refractivity contribution in [1.29, 1.82) is 0 Å². The first-order valence-corrected chi connectivity index (χ1v) is 5.61. The molecular formula is C4H9NO2S2. The Kier molecular flexibility index (Phi) is 2.03. The molecule has 0 spiro atoms. The first kappa shape index (κ1) is 7.37. The molecule has 54 valence electrons. The van der Waals surface area contributed by atoms with Crippen LogP contribution >= 0.6 is 11.8 Å². The lowest BCUT2D eigenvalue weighted by Crippen LogP contribution is -2.22. The van der Waals surface area contributed by atoms with E-state index < -0.39 is 10.0 Å². The summed E-state index contributed by atoms with van der Waals surface area (Å²) < 4.78 is 23.9. The van der Waals surface area contributed by atoms with Crippen molar-refractivity contribution >= 4 is 21.8 Å². The van der Waals surface area contributed by atoms with Gasteiger partial charge in [0, 0.05) is 0 Å². The van der Waals surface area contributed by atoms with Crippen molar-refractivity contribution in [3.05, 3.63) is 0 Å². The second kappa shape index (κ2) is 2.48. The Labute approximate surface area is 59.3 Å². The molecule has 0 aromatic carbocycles. The van der Waals surface area contributed by atoms with Crippen LogP contribution in [-0.4, -0.2) is 25.8 Å². The zero-order valence-corrected chi connectivity index (χ0v) is 6.76. The molecule has 1 unspecified atom stereocenters. The first-order valence-electron chi connectivity index (χ1n) is 2.67. The van der Waals surface area contributed by atoms with Crippen LogP contribution in [0.1, 0.15) is 6.42 Å². The molecule has 1 aliphatic rings. The Hall–Kier alpha value is 0.260. The van der Waals surface area contributed by atoms with Crippen molar-refractivity contribution in [3.63, 3.8) is 0 Å². The molecule has 0 saturated carbocycles. The van der Waals surface area contributed by atoms with E-state index >= 15 is 0 Å². The molecule has 0 amide bonds. The highest BCUT2D eigenvalue weighted by Gasteiger charge is 2.25. The van der Waals surface area contributed by atoms with Gasteiger partial charge in [0.25, 0.3) is 0 Å². The zero-order valence-electron chi connectivity index (χ0n) is 5.12. The molecule has 0 aromatic rings. The third-order valence-electron chi connectivity index (χ3n) is 1.24. The molecule has 0 radical (unpaired) electrons. The van der Waals surface area contributed by atoms with Crippen molar-refractivity contribution in [2.75, 3.05) is 12.0 Å². The molecule has 0 bridgehead atoms. The molecule has 0 aromatic heterocycles. The van der Waals surface area contributed by atoms with Gasteiger partial charge in [-0.05, 0) is 12.7 Å². The highest BCUT2D eigenvalue weighted by atomic mass is 32.2. The van der Waals surface area contributed by atoms with Crippen molar-refractivity contribution in [2.24, 2.45) is 0 Å². The van der Waals surface area contributed by atoms with Crippen molar-refractivity contribution < 1.29 is 8.42 Å². The summed E-state index contributed by atoms with van der Waals surface area (Å²) in [4.78, 5) is 0. The van der Waals surface area contributed by atoms with E-state index in [9.17, 15) is 8.42 Å². The lowest BCUT2D eigenvalue weighted by molar-refractivity contribution is 0.593. The van der Waals surface area contributed by atoms with Crippen LogP contribution in [0.4, 0.5) is 0 Å². The minimum absolute atomic E-state index is 0.120. The molecule has 9 heavy (non-hydrogen) atoms. The molecule has 1 heterocycles. The third kappa shape index (κ3) is 1.84. The highest BCUT2D eigenvalue weighted by Crippen LogP contribution is 2.15. The standard InChI is InChI=1S/C4H9NO2S2/c1-8-4-2-3-9(6,7)5-4/h4-5H,2-3H2,1H3. The average Bonchev–Trinajstić information content (AvgIpc) is 2.10. The van der Waals surface area contributed by atoms with Crippen LogP contribution < -0.4 is 4.72 Å². The Morgan fingerprint density at radius 1 is 1.67 bits per heavy atom. The fraction of sp³-hybridized carbons (Fsp3) is 1.00. The minimum Gasteiger partial charge on any atom is -0.212 e. The number of hydrogen-bond donors (Lipinski definition) is 1. The second-order valence-corrected chi connectivity index (χ2v) is 4.86. The number of nitrogens with one attached hydrogen (secondary N) is 1. The molecule has 1 rings (SSSR count). The number of thioether (sulfide) groups is 1. The fourth-order valence-corrected chi connectivity index (χ4v) is 3.26. The third-order valence-corrected chi connectivity index (χ3v) is 3.73. The van der Waals surface area contributed by atoms with Gasteiger partial charge in [0.15, 0.2) is 0 Å². The smallest absolute Gasteiger partial charge is 0.212 e. The van der Waals surface area contributed by atoms with Gasteiger partial charge in [-0.1, -0.05) is 0 Å². The summed E-state index contributed by atoms with van der Waals surface area (Å²) in [5.41, 5.74) is 0. The van der Waals surface area contributed by atoms with Gasteiger partial charge in [0.05, 0.1) is 11.1 Å². The lowest BCUT2D eigenvalue weighted by atomic mass is 10.5.